The molecule has 60 valence electrons. The third-order valence-electron chi connectivity index (χ3n) is 1.48. The minimum atomic E-state index is 0.764. The molecule has 1 N–H and O–H groups in total. The predicted molar refractivity (Wildman–Crippen MR) is 47.1 cm³/mol. The van der Waals surface area contributed by atoms with Crippen LogP contribution in [0.25, 0.3) is 0 Å². The summed E-state index contributed by atoms with van der Waals surface area (Å²) in [7, 11) is 2.00. The highest BCUT2D eigenvalue weighted by atomic mass is 14.8. The second-order valence-electron chi connectivity index (χ2n) is 3.18. The summed E-state index contributed by atoms with van der Waals surface area (Å²) in [6, 6.07) is 0. The Morgan fingerprint density at radius 1 is 1.50 bits per heavy atom. The zero-order valence-electron chi connectivity index (χ0n) is 7.57. The van der Waals surface area contributed by atoms with Gasteiger partial charge in [0.1, 0.15) is 0 Å². The Labute approximate surface area is 64.5 Å². The van der Waals surface area contributed by atoms with E-state index in [2.05, 4.69) is 32.2 Å². The Bertz CT molecular complexity index is 101. The molecule has 0 saturated heterocycles. The van der Waals surface area contributed by atoms with Gasteiger partial charge in [0.15, 0.2) is 0 Å². The van der Waals surface area contributed by atoms with Gasteiger partial charge in [0.25, 0.3) is 0 Å². The monoisotopic (exact) mass is 141 g/mol. The molecule has 1 nitrogen and oxygen atoms in total. The van der Waals surface area contributed by atoms with Crippen LogP contribution in [-0.2, 0) is 0 Å². The zero-order valence-corrected chi connectivity index (χ0v) is 7.57. The first-order valence-electron chi connectivity index (χ1n) is 3.94. The van der Waals surface area contributed by atoms with E-state index in [1.54, 1.807) is 0 Å². The van der Waals surface area contributed by atoms with Gasteiger partial charge in [-0.3, -0.25) is 0 Å². The van der Waals surface area contributed by atoms with Crippen LogP contribution in [0, 0.1) is 5.92 Å². The molecule has 0 aromatic heterocycles. The molecule has 0 aliphatic heterocycles. The summed E-state index contributed by atoms with van der Waals surface area (Å²) in [5.41, 5.74) is 1.42. The lowest BCUT2D eigenvalue weighted by Crippen LogP contribution is -2.15. The lowest BCUT2D eigenvalue weighted by Gasteiger charge is -2.06. The minimum Gasteiger partial charge on any atom is -0.319 e. The second-order valence-corrected chi connectivity index (χ2v) is 3.18. The van der Waals surface area contributed by atoms with Gasteiger partial charge in [-0.05, 0) is 39.8 Å². The standard InChI is InChI=1S/C9H19N/c1-8(2)5-6-9(3)7-10-4/h5,9-10H,6-7H2,1-4H3. The van der Waals surface area contributed by atoms with Crippen molar-refractivity contribution < 1.29 is 0 Å². The van der Waals surface area contributed by atoms with Gasteiger partial charge < -0.3 is 5.32 Å². The quantitative estimate of drug-likeness (QED) is 0.592. The molecule has 0 aromatic rings. The number of nitrogens with one attached hydrogen (secondary N) is 1. The number of rotatable bonds is 4. The second kappa shape index (κ2) is 5.48. The maximum atomic E-state index is 3.16. The third kappa shape index (κ3) is 5.83. The molecule has 10 heavy (non-hydrogen) atoms. The highest BCUT2D eigenvalue weighted by Gasteiger charge is 1.95. The van der Waals surface area contributed by atoms with Crippen molar-refractivity contribution in [1.29, 1.82) is 0 Å². The van der Waals surface area contributed by atoms with Gasteiger partial charge in [0.05, 0.1) is 0 Å². The van der Waals surface area contributed by atoms with Crippen LogP contribution in [0.3, 0.4) is 0 Å². The molecule has 0 aliphatic carbocycles. The van der Waals surface area contributed by atoms with E-state index in [0.29, 0.717) is 0 Å². The lowest BCUT2D eigenvalue weighted by atomic mass is 10.1. The summed E-state index contributed by atoms with van der Waals surface area (Å²) in [4.78, 5) is 0. The van der Waals surface area contributed by atoms with Crippen LogP contribution in [0.15, 0.2) is 11.6 Å². The Morgan fingerprint density at radius 3 is 2.50 bits per heavy atom. The Morgan fingerprint density at radius 2 is 2.10 bits per heavy atom. The Balaban J connectivity index is 3.38. The average molecular weight is 141 g/mol. The van der Waals surface area contributed by atoms with E-state index in [9.17, 15) is 0 Å². The maximum absolute atomic E-state index is 3.16. The fourth-order valence-corrected chi connectivity index (χ4v) is 0.869. The van der Waals surface area contributed by atoms with Crippen molar-refractivity contribution in [2.24, 2.45) is 5.92 Å². The van der Waals surface area contributed by atoms with Crippen LogP contribution in [0.5, 0.6) is 0 Å². The molecule has 1 unspecified atom stereocenters. The molecule has 1 atom stereocenters. The molecule has 0 aliphatic rings. The first-order chi connectivity index (χ1) is 4.66. The van der Waals surface area contributed by atoms with Crippen LogP contribution >= 0.6 is 0 Å². The Kier molecular flexibility index (Phi) is 5.32. The molecular weight excluding hydrogens is 122 g/mol. The van der Waals surface area contributed by atoms with Crippen LogP contribution in [0.4, 0.5) is 0 Å². The van der Waals surface area contributed by atoms with Gasteiger partial charge >= 0.3 is 0 Å². The van der Waals surface area contributed by atoms with Crippen molar-refractivity contribution >= 4 is 0 Å². The summed E-state index contributed by atoms with van der Waals surface area (Å²) in [5, 5.41) is 3.16. The van der Waals surface area contributed by atoms with Crippen LogP contribution in [-0.4, -0.2) is 13.6 Å². The fourth-order valence-electron chi connectivity index (χ4n) is 0.869. The van der Waals surface area contributed by atoms with Crippen molar-refractivity contribution in [3.63, 3.8) is 0 Å². The minimum absolute atomic E-state index is 0.764. The van der Waals surface area contributed by atoms with Gasteiger partial charge in [-0.25, -0.2) is 0 Å². The first-order valence-corrected chi connectivity index (χ1v) is 3.94. The van der Waals surface area contributed by atoms with Gasteiger partial charge in [0, 0.05) is 0 Å². The van der Waals surface area contributed by atoms with Crippen molar-refractivity contribution in [2.45, 2.75) is 27.2 Å². The normalized spacial score (nSPS) is 12.8. The van der Waals surface area contributed by atoms with Gasteiger partial charge in [-0.2, -0.15) is 0 Å². The van der Waals surface area contributed by atoms with Gasteiger partial charge in [-0.1, -0.05) is 18.6 Å². The molecule has 0 bridgehead atoms. The van der Waals surface area contributed by atoms with Gasteiger partial charge in [-0.15, -0.1) is 0 Å². The molecule has 0 rings (SSSR count). The molecular formula is C9H19N. The number of hydrogen-bond acceptors (Lipinski definition) is 1. The van der Waals surface area contributed by atoms with Crippen molar-refractivity contribution in [2.75, 3.05) is 13.6 Å². The van der Waals surface area contributed by atoms with E-state index >= 15 is 0 Å². The van der Waals surface area contributed by atoms with Crippen molar-refractivity contribution in [3.8, 4) is 0 Å². The molecule has 0 heterocycles. The largest absolute Gasteiger partial charge is 0.319 e. The van der Waals surface area contributed by atoms with Crippen molar-refractivity contribution in [3.05, 3.63) is 11.6 Å². The summed E-state index contributed by atoms with van der Waals surface area (Å²) < 4.78 is 0. The van der Waals surface area contributed by atoms with Crippen LogP contribution in [0.1, 0.15) is 27.2 Å². The molecule has 1 heteroatoms. The SMILES string of the molecule is CNCC(C)CC=C(C)C. The highest BCUT2D eigenvalue weighted by molar-refractivity contribution is 4.93. The van der Waals surface area contributed by atoms with E-state index in [-0.39, 0.29) is 0 Å². The highest BCUT2D eigenvalue weighted by Crippen LogP contribution is 2.03. The first kappa shape index (κ1) is 9.70. The zero-order chi connectivity index (χ0) is 7.98. The average Bonchev–Trinajstić information content (AvgIpc) is 1.85. The Hall–Kier alpha value is -0.300. The number of hydrogen-bond donors (Lipinski definition) is 1. The third-order valence-corrected chi connectivity index (χ3v) is 1.48. The maximum Gasteiger partial charge on any atom is -0.00232 e. The molecule has 0 amide bonds. The molecule has 0 aromatic carbocycles. The fraction of sp³-hybridized carbons (Fsp3) is 0.778. The van der Waals surface area contributed by atoms with Gasteiger partial charge in [0.2, 0.25) is 0 Å². The molecule has 0 fully saturated rings. The van der Waals surface area contributed by atoms with E-state index in [1.165, 1.54) is 12.0 Å². The number of allylic oxidation sites excluding steroid dienone is 2. The summed E-state index contributed by atoms with van der Waals surface area (Å²) in [5.74, 6) is 0.764. The smallest absolute Gasteiger partial charge is 0.00232 e. The summed E-state index contributed by atoms with van der Waals surface area (Å²) >= 11 is 0. The van der Waals surface area contributed by atoms with E-state index < -0.39 is 0 Å². The van der Waals surface area contributed by atoms with E-state index in [0.717, 1.165) is 12.5 Å². The molecule has 0 saturated carbocycles. The predicted octanol–water partition coefficient (Wildman–Crippen LogP) is 2.20. The molecule has 0 spiro atoms. The summed E-state index contributed by atoms with van der Waals surface area (Å²) in [6.07, 6.45) is 3.49. The van der Waals surface area contributed by atoms with E-state index in [1.807, 2.05) is 7.05 Å². The lowest BCUT2D eigenvalue weighted by molar-refractivity contribution is 0.550. The van der Waals surface area contributed by atoms with Crippen LogP contribution in [0.2, 0.25) is 0 Å². The topological polar surface area (TPSA) is 12.0 Å². The summed E-state index contributed by atoms with van der Waals surface area (Å²) in [6.45, 7) is 7.66. The van der Waals surface area contributed by atoms with Crippen LogP contribution < -0.4 is 5.32 Å². The molecule has 0 radical (unpaired) electrons. The van der Waals surface area contributed by atoms with Crippen molar-refractivity contribution in [1.82, 2.24) is 5.32 Å². The van der Waals surface area contributed by atoms with E-state index in [4.69, 9.17) is 0 Å².